The van der Waals surface area contributed by atoms with Crippen molar-refractivity contribution in [1.82, 2.24) is 0 Å². The summed E-state index contributed by atoms with van der Waals surface area (Å²) >= 11 is 3.37. The molecular formula is C12H14BrNO3. The zero-order valence-electron chi connectivity index (χ0n) is 9.77. The van der Waals surface area contributed by atoms with E-state index in [0.717, 1.165) is 5.56 Å². The number of hydrogen-bond donors (Lipinski definition) is 0. The van der Waals surface area contributed by atoms with Gasteiger partial charge in [-0.25, -0.2) is 4.79 Å². The molecule has 1 aromatic rings. The van der Waals surface area contributed by atoms with E-state index in [-0.39, 0.29) is 5.71 Å². The maximum absolute atomic E-state index is 11.8. The Morgan fingerprint density at radius 1 is 1.41 bits per heavy atom. The van der Waals surface area contributed by atoms with E-state index in [1.165, 1.54) is 7.11 Å². The van der Waals surface area contributed by atoms with Crippen LogP contribution in [0, 0.1) is 0 Å². The Labute approximate surface area is 109 Å². The Bertz CT molecular complexity index is 418. The van der Waals surface area contributed by atoms with Crippen molar-refractivity contribution >= 4 is 27.6 Å². The fourth-order valence-electron chi connectivity index (χ4n) is 1.35. The fourth-order valence-corrected chi connectivity index (χ4v) is 1.84. The van der Waals surface area contributed by atoms with Crippen LogP contribution in [0.2, 0.25) is 0 Å². The smallest absolute Gasteiger partial charge is 0.361 e. The lowest BCUT2D eigenvalue weighted by molar-refractivity contribution is -0.135. The van der Waals surface area contributed by atoms with Gasteiger partial charge in [0.1, 0.15) is 7.11 Å². The maximum atomic E-state index is 11.8. The van der Waals surface area contributed by atoms with Crippen molar-refractivity contribution in [1.29, 1.82) is 0 Å². The molecule has 5 heteroatoms. The van der Waals surface area contributed by atoms with E-state index in [9.17, 15) is 4.79 Å². The van der Waals surface area contributed by atoms with E-state index in [2.05, 4.69) is 21.1 Å². The van der Waals surface area contributed by atoms with Crippen LogP contribution in [-0.4, -0.2) is 25.4 Å². The average Bonchev–Trinajstić information content (AvgIpc) is 2.36. The topological polar surface area (TPSA) is 47.9 Å². The minimum Gasteiger partial charge on any atom is -0.461 e. The van der Waals surface area contributed by atoms with Gasteiger partial charge < -0.3 is 9.57 Å². The zero-order chi connectivity index (χ0) is 12.7. The van der Waals surface area contributed by atoms with Gasteiger partial charge in [0.15, 0.2) is 5.71 Å². The summed E-state index contributed by atoms with van der Waals surface area (Å²) in [6, 6.07) is 7.46. The number of halogens is 1. The lowest BCUT2D eigenvalue weighted by Crippen LogP contribution is -2.20. The van der Waals surface area contributed by atoms with Gasteiger partial charge in [-0.15, -0.1) is 0 Å². The van der Waals surface area contributed by atoms with Crippen LogP contribution < -0.4 is 0 Å². The average molecular weight is 300 g/mol. The second kappa shape index (κ2) is 7.06. The number of oxime groups is 1. The molecule has 0 heterocycles. The molecule has 0 atom stereocenters. The van der Waals surface area contributed by atoms with E-state index < -0.39 is 5.97 Å². The third-order valence-corrected chi connectivity index (χ3v) is 2.67. The number of rotatable bonds is 5. The first-order chi connectivity index (χ1) is 8.24. The Morgan fingerprint density at radius 2 is 2.12 bits per heavy atom. The Morgan fingerprint density at radius 3 is 2.71 bits per heavy atom. The second-order valence-electron chi connectivity index (χ2n) is 3.13. The number of carbonyl (C=O) groups excluding carboxylic acids is 1. The summed E-state index contributed by atoms with van der Waals surface area (Å²) in [4.78, 5) is 16.5. The maximum Gasteiger partial charge on any atom is 0.361 e. The van der Waals surface area contributed by atoms with Crippen LogP contribution in [0.3, 0.4) is 0 Å². The first kappa shape index (κ1) is 13.7. The molecule has 0 aromatic heterocycles. The number of nitrogens with zero attached hydrogens (tertiary/aromatic N) is 1. The lowest BCUT2D eigenvalue weighted by Gasteiger charge is -2.08. The summed E-state index contributed by atoms with van der Waals surface area (Å²) < 4.78 is 4.95. The van der Waals surface area contributed by atoms with Gasteiger partial charge in [-0.05, 0) is 12.5 Å². The van der Waals surface area contributed by atoms with Crippen LogP contribution in [-0.2, 0) is 19.7 Å². The van der Waals surface area contributed by atoms with Gasteiger partial charge in [-0.2, -0.15) is 0 Å². The summed E-state index contributed by atoms with van der Waals surface area (Å²) in [7, 11) is 1.40. The van der Waals surface area contributed by atoms with Crippen molar-refractivity contribution in [3.63, 3.8) is 0 Å². The number of alkyl halides is 1. The molecule has 92 valence electrons. The van der Waals surface area contributed by atoms with Gasteiger partial charge in [-0.3, -0.25) is 0 Å². The molecule has 0 fully saturated rings. The first-order valence-electron chi connectivity index (χ1n) is 5.17. The van der Waals surface area contributed by atoms with Gasteiger partial charge in [0.2, 0.25) is 0 Å². The van der Waals surface area contributed by atoms with Crippen LogP contribution in [0.25, 0.3) is 0 Å². The van der Waals surface area contributed by atoms with Crippen molar-refractivity contribution in [2.75, 3.05) is 13.7 Å². The SMILES string of the molecule is CCOC(=O)C(=NOC)c1ccccc1CBr. The Kier molecular flexibility index (Phi) is 5.69. The van der Waals surface area contributed by atoms with Crippen molar-refractivity contribution in [3.8, 4) is 0 Å². The summed E-state index contributed by atoms with van der Waals surface area (Å²) in [5, 5.41) is 4.37. The van der Waals surface area contributed by atoms with Crippen molar-refractivity contribution < 1.29 is 14.4 Å². The van der Waals surface area contributed by atoms with Gasteiger partial charge in [-0.1, -0.05) is 45.4 Å². The van der Waals surface area contributed by atoms with Gasteiger partial charge in [0.25, 0.3) is 0 Å². The summed E-state index contributed by atoms with van der Waals surface area (Å²) in [6.45, 7) is 2.05. The van der Waals surface area contributed by atoms with Crippen LogP contribution in [0.1, 0.15) is 18.1 Å². The minimum atomic E-state index is -0.484. The van der Waals surface area contributed by atoms with Crippen LogP contribution in [0.5, 0.6) is 0 Å². The van der Waals surface area contributed by atoms with E-state index >= 15 is 0 Å². The monoisotopic (exact) mass is 299 g/mol. The quantitative estimate of drug-likeness (QED) is 0.363. The van der Waals surface area contributed by atoms with E-state index in [0.29, 0.717) is 17.5 Å². The Hall–Kier alpha value is -1.36. The van der Waals surface area contributed by atoms with Crippen LogP contribution in [0.15, 0.2) is 29.4 Å². The molecule has 0 radical (unpaired) electrons. The molecule has 1 aromatic carbocycles. The summed E-state index contributed by atoms with van der Waals surface area (Å²) in [6.07, 6.45) is 0. The molecule has 1 rings (SSSR count). The molecule has 0 saturated carbocycles. The number of esters is 1. The predicted molar refractivity (Wildman–Crippen MR) is 69.3 cm³/mol. The largest absolute Gasteiger partial charge is 0.461 e. The Balaban J connectivity index is 3.14. The second-order valence-corrected chi connectivity index (χ2v) is 3.69. The summed E-state index contributed by atoms with van der Waals surface area (Å²) in [5.41, 5.74) is 1.85. The molecule has 0 saturated heterocycles. The van der Waals surface area contributed by atoms with Gasteiger partial charge in [0, 0.05) is 10.9 Å². The van der Waals surface area contributed by atoms with Crippen molar-refractivity contribution in [3.05, 3.63) is 35.4 Å². The highest BCUT2D eigenvalue weighted by Crippen LogP contribution is 2.14. The first-order valence-corrected chi connectivity index (χ1v) is 6.29. The normalized spacial score (nSPS) is 11.1. The molecule has 0 N–H and O–H groups in total. The third kappa shape index (κ3) is 3.56. The number of carbonyl (C=O) groups is 1. The molecule has 0 unspecified atom stereocenters. The van der Waals surface area contributed by atoms with Crippen molar-refractivity contribution in [2.45, 2.75) is 12.3 Å². The standard InChI is InChI=1S/C12H14BrNO3/c1-3-17-12(15)11(14-16-2)10-7-5-4-6-9(10)8-13/h4-7H,3,8H2,1-2H3. The minimum absolute atomic E-state index is 0.185. The summed E-state index contributed by atoms with van der Waals surface area (Å²) in [5.74, 6) is -0.484. The number of ether oxygens (including phenoxy) is 1. The molecule has 0 aliphatic heterocycles. The number of hydrogen-bond acceptors (Lipinski definition) is 4. The predicted octanol–water partition coefficient (Wildman–Crippen LogP) is 2.50. The number of benzene rings is 1. The lowest BCUT2D eigenvalue weighted by atomic mass is 10.0. The third-order valence-electron chi connectivity index (χ3n) is 2.07. The highest BCUT2D eigenvalue weighted by atomic mass is 79.9. The molecule has 0 aliphatic carbocycles. The molecule has 0 spiro atoms. The zero-order valence-corrected chi connectivity index (χ0v) is 11.4. The van der Waals surface area contributed by atoms with Crippen LogP contribution >= 0.6 is 15.9 Å². The highest BCUT2D eigenvalue weighted by Gasteiger charge is 2.18. The van der Waals surface area contributed by atoms with Crippen LogP contribution in [0.4, 0.5) is 0 Å². The highest BCUT2D eigenvalue weighted by molar-refractivity contribution is 9.08. The van der Waals surface area contributed by atoms with Gasteiger partial charge in [0.05, 0.1) is 6.61 Å². The van der Waals surface area contributed by atoms with E-state index in [4.69, 9.17) is 9.57 Å². The molecule has 0 amide bonds. The molecule has 4 nitrogen and oxygen atoms in total. The van der Waals surface area contributed by atoms with E-state index in [1.807, 2.05) is 24.3 Å². The molecular weight excluding hydrogens is 286 g/mol. The molecule has 17 heavy (non-hydrogen) atoms. The van der Waals surface area contributed by atoms with Gasteiger partial charge >= 0.3 is 5.97 Å². The van der Waals surface area contributed by atoms with E-state index in [1.54, 1.807) is 6.92 Å². The molecule has 0 bridgehead atoms. The van der Waals surface area contributed by atoms with Crippen molar-refractivity contribution in [2.24, 2.45) is 5.16 Å². The molecule has 0 aliphatic rings. The fraction of sp³-hybridized carbons (Fsp3) is 0.333.